The molecule has 0 amide bonds. The van der Waals surface area contributed by atoms with Crippen LogP contribution in [0.25, 0.3) is 0 Å². The summed E-state index contributed by atoms with van der Waals surface area (Å²) in [5.41, 5.74) is 2.26. The zero-order valence-electron chi connectivity index (χ0n) is 12.5. The van der Waals surface area contributed by atoms with E-state index >= 15 is 0 Å². The van der Waals surface area contributed by atoms with E-state index in [1.54, 1.807) is 6.07 Å². The van der Waals surface area contributed by atoms with Gasteiger partial charge in [0.2, 0.25) is 0 Å². The maximum Gasteiger partial charge on any atom is 0.335 e. The molecule has 106 valence electrons. The number of nitrogens with zero attached hydrogens (tertiary/aromatic N) is 2. The summed E-state index contributed by atoms with van der Waals surface area (Å²) in [6.07, 6.45) is 0. The van der Waals surface area contributed by atoms with Gasteiger partial charge in [0.05, 0.1) is 5.56 Å². The molecule has 0 fully saturated rings. The van der Waals surface area contributed by atoms with Gasteiger partial charge in [-0.25, -0.2) is 4.79 Å². The number of aromatic carboxylic acids is 1. The molecule has 1 aromatic carbocycles. The SMILES string of the molecule is CCN(c1ccc(C(=O)O)c(C)c1)C(C)CN(C)C. The van der Waals surface area contributed by atoms with Crippen LogP contribution < -0.4 is 4.90 Å². The van der Waals surface area contributed by atoms with E-state index < -0.39 is 5.97 Å². The first-order valence-corrected chi connectivity index (χ1v) is 6.62. The summed E-state index contributed by atoms with van der Waals surface area (Å²) in [6.45, 7) is 8.02. The molecule has 0 heterocycles. The molecule has 0 spiro atoms. The van der Waals surface area contributed by atoms with Gasteiger partial charge < -0.3 is 14.9 Å². The van der Waals surface area contributed by atoms with Crippen molar-refractivity contribution < 1.29 is 9.90 Å². The van der Waals surface area contributed by atoms with Crippen molar-refractivity contribution >= 4 is 11.7 Å². The van der Waals surface area contributed by atoms with Crippen LogP contribution in [0.1, 0.15) is 29.8 Å². The van der Waals surface area contributed by atoms with E-state index in [2.05, 4.69) is 37.7 Å². The Bertz CT molecular complexity index is 444. The standard InChI is InChI=1S/C15H24N2O2/c1-6-17(12(3)10-16(4)5)13-7-8-14(15(18)19)11(2)9-13/h7-9,12H,6,10H2,1-5H3,(H,18,19). The molecule has 0 bridgehead atoms. The highest BCUT2D eigenvalue weighted by atomic mass is 16.4. The van der Waals surface area contributed by atoms with E-state index in [1.807, 2.05) is 19.1 Å². The molecule has 4 heteroatoms. The predicted molar refractivity (Wildman–Crippen MR) is 79.2 cm³/mol. The molecule has 1 N–H and O–H groups in total. The van der Waals surface area contributed by atoms with Gasteiger partial charge in [0, 0.05) is 24.8 Å². The van der Waals surface area contributed by atoms with Crippen molar-refractivity contribution in [1.29, 1.82) is 0 Å². The largest absolute Gasteiger partial charge is 0.478 e. The van der Waals surface area contributed by atoms with Gasteiger partial charge >= 0.3 is 5.97 Å². The van der Waals surface area contributed by atoms with E-state index in [1.165, 1.54) is 0 Å². The maximum absolute atomic E-state index is 11.0. The third-order valence-electron chi connectivity index (χ3n) is 3.27. The highest BCUT2D eigenvalue weighted by molar-refractivity contribution is 5.89. The van der Waals surface area contributed by atoms with Gasteiger partial charge in [-0.05, 0) is 58.6 Å². The van der Waals surface area contributed by atoms with Gasteiger partial charge in [-0.15, -0.1) is 0 Å². The summed E-state index contributed by atoms with van der Waals surface area (Å²) in [5.74, 6) is -0.867. The Hall–Kier alpha value is -1.55. The van der Waals surface area contributed by atoms with Crippen LogP contribution in [0.5, 0.6) is 0 Å². The van der Waals surface area contributed by atoms with Crippen LogP contribution >= 0.6 is 0 Å². The predicted octanol–water partition coefficient (Wildman–Crippen LogP) is 2.47. The molecule has 0 aliphatic rings. The molecule has 0 aromatic heterocycles. The zero-order chi connectivity index (χ0) is 14.6. The minimum absolute atomic E-state index is 0.375. The fourth-order valence-corrected chi connectivity index (χ4v) is 2.44. The van der Waals surface area contributed by atoms with Crippen molar-refractivity contribution in [2.24, 2.45) is 0 Å². The van der Waals surface area contributed by atoms with Crippen molar-refractivity contribution in [2.45, 2.75) is 26.8 Å². The second kappa shape index (κ2) is 6.57. The third-order valence-corrected chi connectivity index (χ3v) is 3.27. The molecule has 1 rings (SSSR count). The molecule has 0 saturated carbocycles. The average Bonchev–Trinajstić information content (AvgIpc) is 2.28. The Morgan fingerprint density at radius 3 is 2.42 bits per heavy atom. The molecule has 0 radical (unpaired) electrons. The summed E-state index contributed by atoms with van der Waals surface area (Å²) in [4.78, 5) is 15.5. The number of aryl methyl sites for hydroxylation is 1. The summed E-state index contributed by atoms with van der Waals surface area (Å²) in [6, 6.07) is 5.93. The first kappa shape index (κ1) is 15.5. The fourth-order valence-electron chi connectivity index (χ4n) is 2.44. The van der Waals surface area contributed by atoms with Crippen LogP contribution in [0.3, 0.4) is 0 Å². The van der Waals surface area contributed by atoms with Gasteiger partial charge in [-0.1, -0.05) is 0 Å². The molecule has 1 unspecified atom stereocenters. The molecule has 0 aliphatic carbocycles. The number of anilines is 1. The van der Waals surface area contributed by atoms with E-state index in [-0.39, 0.29) is 0 Å². The molecule has 0 saturated heterocycles. The van der Waals surface area contributed by atoms with Crippen LogP contribution in [0.15, 0.2) is 18.2 Å². The molecule has 19 heavy (non-hydrogen) atoms. The molecule has 1 atom stereocenters. The van der Waals surface area contributed by atoms with Crippen molar-refractivity contribution in [3.05, 3.63) is 29.3 Å². The lowest BCUT2D eigenvalue weighted by atomic mass is 10.1. The topological polar surface area (TPSA) is 43.8 Å². The molecular weight excluding hydrogens is 240 g/mol. The van der Waals surface area contributed by atoms with Gasteiger partial charge in [0.15, 0.2) is 0 Å². The Morgan fingerprint density at radius 2 is 2.00 bits per heavy atom. The van der Waals surface area contributed by atoms with Crippen LogP contribution in [-0.2, 0) is 0 Å². The summed E-state index contributed by atoms with van der Waals surface area (Å²) in [7, 11) is 4.12. The van der Waals surface area contributed by atoms with Gasteiger partial charge in [0.1, 0.15) is 0 Å². The number of likely N-dealkylation sites (N-methyl/N-ethyl adjacent to an activating group) is 2. The van der Waals surface area contributed by atoms with E-state index in [4.69, 9.17) is 5.11 Å². The first-order valence-electron chi connectivity index (χ1n) is 6.62. The summed E-state index contributed by atoms with van der Waals surface area (Å²) < 4.78 is 0. The Labute approximate surface area is 115 Å². The van der Waals surface area contributed by atoms with Gasteiger partial charge in [0.25, 0.3) is 0 Å². The number of carboxylic acids is 1. The van der Waals surface area contributed by atoms with E-state index in [9.17, 15) is 4.79 Å². The summed E-state index contributed by atoms with van der Waals surface area (Å²) in [5, 5.41) is 9.06. The molecule has 1 aromatic rings. The lowest BCUT2D eigenvalue weighted by Crippen LogP contribution is -2.40. The average molecular weight is 264 g/mol. The number of carboxylic acid groups (broad SMARTS) is 1. The monoisotopic (exact) mass is 264 g/mol. The van der Waals surface area contributed by atoms with E-state index in [0.717, 1.165) is 24.3 Å². The van der Waals surface area contributed by atoms with E-state index in [0.29, 0.717) is 11.6 Å². The first-order chi connectivity index (χ1) is 8.86. The smallest absolute Gasteiger partial charge is 0.335 e. The Kier molecular flexibility index (Phi) is 5.36. The van der Waals surface area contributed by atoms with Crippen LogP contribution in [0.2, 0.25) is 0 Å². The van der Waals surface area contributed by atoms with Crippen LogP contribution in [-0.4, -0.2) is 49.2 Å². The van der Waals surface area contributed by atoms with Crippen molar-refractivity contribution in [2.75, 3.05) is 32.1 Å². The molecule has 4 nitrogen and oxygen atoms in total. The number of hydrogen-bond donors (Lipinski definition) is 1. The normalized spacial score (nSPS) is 12.5. The highest BCUT2D eigenvalue weighted by Gasteiger charge is 2.15. The number of hydrogen-bond acceptors (Lipinski definition) is 3. The Balaban J connectivity index is 2.99. The van der Waals surface area contributed by atoms with Gasteiger partial charge in [-0.2, -0.15) is 0 Å². The van der Waals surface area contributed by atoms with Crippen molar-refractivity contribution in [1.82, 2.24) is 4.90 Å². The maximum atomic E-state index is 11.0. The second-order valence-electron chi connectivity index (χ2n) is 5.20. The lowest BCUT2D eigenvalue weighted by Gasteiger charge is -2.32. The van der Waals surface area contributed by atoms with Crippen LogP contribution in [0, 0.1) is 6.92 Å². The van der Waals surface area contributed by atoms with Crippen molar-refractivity contribution in [3.63, 3.8) is 0 Å². The summed E-state index contributed by atoms with van der Waals surface area (Å²) >= 11 is 0. The number of benzene rings is 1. The van der Waals surface area contributed by atoms with Crippen LogP contribution in [0.4, 0.5) is 5.69 Å². The molecular formula is C15H24N2O2. The zero-order valence-corrected chi connectivity index (χ0v) is 12.5. The highest BCUT2D eigenvalue weighted by Crippen LogP contribution is 2.21. The lowest BCUT2D eigenvalue weighted by molar-refractivity contribution is 0.0696. The minimum Gasteiger partial charge on any atom is -0.478 e. The Morgan fingerprint density at radius 1 is 1.37 bits per heavy atom. The molecule has 0 aliphatic heterocycles. The minimum atomic E-state index is -0.867. The quantitative estimate of drug-likeness (QED) is 0.857. The third kappa shape index (κ3) is 3.96. The number of rotatable bonds is 6. The van der Waals surface area contributed by atoms with Crippen molar-refractivity contribution in [3.8, 4) is 0 Å². The fraction of sp³-hybridized carbons (Fsp3) is 0.533. The number of carbonyl (C=O) groups is 1. The van der Waals surface area contributed by atoms with Gasteiger partial charge in [-0.3, -0.25) is 0 Å². The second-order valence-corrected chi connectivity index (χ2v) is 5.20.